The van der Waals surface area contributed by atoms with E-state index < -0.39 is 0 Å². The molecule has 0 saturated heterocycles. The third kappa shape index (κ3) is 2.25. The SMILES string of the molecule is CCCNc1ccc(-n2nnc3ccccc32)cc1C. The van der Waals surface area contributed by atoms with Crippen molar-refractivity contribution >= 4 is 16.7 Å². The Kier molecular flexibility index (Phi) is 3.37. The Morgan fingerprint density at radius 3 is 2.80 bits per heavy atom. The van der Waals surface area contributed by atoms with Crippen LogP contribution >= 0.6 is 0 Å². The van der Waals surface area contributed by atoms with Gasteiger partial charge in [0, 0.05) is 12.2 Å². The highest BCUT2D eigenvalue weighted by Gasteiger charge is 2.07. The van der Waals surface area contributed by atoms with Gasteiger partial charge >= 0.3 is 0 Å². The Labute approximate surface area is 118 Å². The van der Waals surface area contributed by atoms with Gasteiger partial charge in [-0.3, -0.25) is 0 Å². The smallest absolute Gasteiger partial charge is 0.113 e. The normalized spacial score (nSPS) is 10.9. The van der Waals surface area contributed by atoms with Crippen LogP contribution in [0.1, 0.15) is 18.9 Å². The largest absolute Gasteiger partial charge is 0.385 e. The summed E-state index contributed by atoms with van der Waals surface area (Å²) in [6, 6.07) is 14.3. The van der Waals surface area contributed by atoms with Crippen LogP contribution in [-0.2, 0) is 0 Å². The lowest BCUT2D eigenvalue weighted by Gasteiger charge is -2.10. The second-order valence-electron chi connectivity index (χ2n) is 4.92. The van der Waals surface area contributed by atoms with Crippen molar-refractivity contribution in [1.29, 1.82) is 0 Å². The van der Waals surface area contributed by atoms with Crippen LogP contribution in [0.15, 0.2) is 42.5 Å². The summed E-state index contributed by atoms with van der Waals surface area (Å²) < 4.78 is 1.88. The summed E-state index contributed by atoms with van der Waals surface area (Å²) in [7, 11) is 0. The second-order valence-corrected chi connectivity index (χ2v) is 4.92. The molecule has 1 aromatic heterocycles. The Morgan fingerprint density at radius 2 is 2.00 bits per heavy atom. The van der Waals surface area contributed by atoms with Crippen molar-refractivity contribution in [3.63, 3.8) is 0 Å². The van der Waals surface area contributed by atoms with Gasteiger partial charge in [-0.05, 0) is 49.2 Å². The van der Waals surface area contributed by atoms with Crippen molar-refractivity contribution in [2.75, 3.05) is 11.9 Å². The minimum atomic E-state index is 0.915. The first kappa shape index (κ1) is 12.7. The average Bonchev–Trinajstić information content (AvgIpc) is 2.90. The first-order chi connectivity index (χ1) is 9.79. The van der Waals surface area contributed by atoms with Gasteiger partial charge in [-0.1, -0.05) is 24.3 Å². The van der Waals surface area contributed by atoms with E-state index in [0.29, 0.717) is 0 Å². The zero-order chi connectivity index (χ0) is 13.9. The van der Waals surface area contributed by atoms with E-state index in [9.17, 15) is 0 Å². The first-order valence-electron chi connectivity index (χ1n) is 6.95. The molecule has 0 aliphatic carbocycles. The number of fused-ring (bicyclic) bond motifs is 1. The molecule has 0 bridgehead atoms. The monoisotopic (exact) mass is 266 g/mol. The van der Waals surface area contributed by atoms with Gasteiger partial charge in [0.25, 0.3) is 0 Å². The lowest BCUT2D eigenvalue weighted by Crippen LogP contribution is -2.03. The molecule has 0 spiro atoms. The van der Waals surface area contributed by atoms with Crippen molar-refractivity contribution in [3.05, 3.63) is 48.0 Å². The zero-order valence-electron chi connectivity index (χ0n) is 11.8. The van der Waals surface area contributed by atoms with E-state index in [0.717, 1.165) is 29.7 Å². The van der Waals surface area contributed by atoms with Crippen LogP contribution < -0.4 is 5.32 Å². The maximum atomic E-state index is 4.24. The maximum absolute atomic E-state index is 4.24. The number of aromatic nitrogens is 3. The molecule has 0 aliphatic rings. The Morgan fingerprint density at radius 1 is 1.15 bits per heavy atom. The molecule has 0 saturated carbocycles. The fraction of sp³-hybridized carbons (Fsp3) is 0.250. The number of anilines is 1. The molecule has 0 amide bonds. The molecule has 0 aliphatic heterocycles. The van der Waals surface area contributed by atoms with Crippen LogP contribution in [0.4, 0.5) is 5.69 Å². The van der Waals surface area contributed by atoms with Gasteiger partial charge in [-0.2, -0.15) is 0 Å². The topological polar surface area (TPSA) is 42.7 Å². The van der Waals surface area contributed by atoms with Crippen LogP contribution in [0.2, 0.25) is 0 Å². The molecule has 0 unspecified atom stereocenters. The summed E-state index contributed by atoms with van der Waals surface area (Å²) in [6.45, 7) is 5.27. The molecule has 3 rings (SSSR count). The number of para-hydroxylation sites is 1. The average molecular weight is 266 g/mol. The number of rotatable bonds is 4. The van der Waals surface area contributed by atoms with E-state index in [2.05, 4.69) is 47.7 Å². The number of nitrogens with one attached hydrogen (secondary N) is 1. The predicted octanol–water partition coefficient (Wildman–Crippen LogP) is 3.55. The summed E-state index contributed by atoms with van der Waals surface area (Å²) >= 11 is 0. The summed E-state index contributed by atoms with van der Waals surface area (Å²) in [5.41, 5.74) is 5.38. The number of nitrogens with zero attached hydrogens (tertiary/aromatic N) is 3. The molecule has 0 fully saturated rings. The number of hydrogen-bond donors (Lipinski definition) is 1. The van der Waals surface area contributed by atoms with E-state index in [1.165, 1.54) is 11.3 Å². The quantitative estimate of drug-likeness (QED) is 0.785. The van der Waals surface area contributed by atoms with E-state index in [1.807, 2.05) is 28.9 Å². The van der Waals surface area contributed by atoms with Gasteiger partial charge in [0.2, 0.25) is 0 Å². The molecule has 3 aromatic rings. The van der Waals surface area contributed by atoms with Crippen molar-refractivity contribution in [2.45, 2.75) is 20.3 Å². The highest BCUT2D eigenvalue weighted by atomic mass is 15.4. The minimum Gasteiger partial charge on any atom is -0.385 e. The molecule has 2 aromatic carbocycles. The first-order valence-corrected chi connectivity index (χ1v) is 6.95. The summed E-state index contributed by atoms with van der Waals surface area (Å²) in [4.78, 5) is 0. The van der Waals surface area contributed by atoms with Gasteiger partial charge in [0.15, 0.2) is 0 Å². The highest BCUT2D eigenvalue weighted by Crippen LogP contribution is 2.21. The minimum absolute atomic E-state index is 0.915. The molecule has 0 atom stereocenters. The Bertz CT molecular complexity index is 730. The molecule has 20 heavy (non-hydrogen) atoms. The third-order valence-electron chi connectivity index (χ3n) is 3.37. The third-order valence-corrected chi connectivity index (χ3v) is 3.37. The fourth-order valence-corrected chi connectivity index (χ4v) is 2.30. The molecular formula is C16H18N4. The lowest BCUT2D eigenvalue weighted by atomic mass is 10.1. The van der Waals surface area contributed by atoms with Crippen molar-refractivity contribution in [3.8, 4) is 5.69 Å². The van der Waals surface area contributed by atoms with Crippen molar-refractivity contribution in [2.24, 2.45) is 0 Å². The second kappa shape index (κ2) is 5.33. The molecule has 1 heterocycles. The summed E-state index contributed by atoms with van der Waals surface area (Å²) in [6.07, 6.45) is 1.12. The van der Waals surface area contributed by atoms with Crippen LogP contribution in [0.25, 0.3) is 16.7 Å². The molecule has 4 heteroatoms. The van der Waals surface area contributed by atoms with E-state index in [-0.39, 0.29) is 0 Å². The van der Waals surface area contributed by atoms with Gasteiger partial charge < -0.3 is 5.32 Å². The zero-order valence-corrected chi connectivity index (χ0v) is 11.8. The molecule has 4 nitrogen and oxygen atoms in total. The van der Waals surface area contributed by atoms with Gasteiger partial charge in [-0.25, -0.2) is 4.68 Å². The van der Waals surface area contributed by atoms with Gasteiger partial charge in [0.05, 0.1) is 11.2 Å². The number of aryl methyl sites for hydroxylation is 1. The Hall–Kier alpha value is -2.36. The molecule has 1 N–H and O–H groups in total. The number of hydrogen-bond acceptors (Lipinski definition) is 3. The summed E-state index contributed by atoms with van der Waals surface area (Å²) in [5.74, 6) is 0. The van der Waals surface area contributed by atoms with E-state index in [4.69, 9.17) is 0 Å². The number of benzene rings is 2. The van der Waals surface area contributed by atoms with Gasteiger partial charge in [0.1, 0.15) is 5.52 Å². The lowest BCUT2D eigenvalue weighted by molar-refractivity contribution is 0.823. The van der Waals surface area contributed by atoms with Crippen molar-refractivity contribution in [1.82, 2.24) is 15.0 Å². The van der Waals surface area contributed by atoms with E-state index >= 15 is 0 Å². The maximum Gasteiger partial charge on any atom is 0.113 e. The van der Waals surface area contributed by atoms with Crippen LogP contribution in [0.5, 0.6) is 0 Å². The predicted molar refractivity (Wildman–Crippen MR) is 82.4 cm³/mol. The van der Waals surface area contributed by atoms with Crippen LogP contribution in [0, 0.1) is 6.92 Å². The standard InChI is InChI=1S/C16H18N4/c1-3-10-17-14-9-8-13(11-12(14)2)20-16-7-5-4-6-15(16)18-19-20/h4-9,11,17H,3,10H2,1-2H3. The molecule has 0 radical (unpaired) electrons. The molecule has 102 valence electrons. The van der Waals surface area contributed by atoms with Gasteiger partial charge in [-0.15, -0.1) is 5.10 Å². The highest BCUT2D eigenvalue weighted by molar-refractivity contribution is 5.76. The van der Waals surface area contributed by atoms with Crippen LogP contribution in [0.3, 0.4) is 0 Å². The Balaban J connectivity index is 2.00. The van der Waals surface area contributed by atoms with Crippen LogP contribution in [-0.4, -0.2) is 21.5 Å². The van der Waals surface area contributed by atoms with Crippen molar-refractivity contribution < 1.29 is 0 Å². The molecular weight excluding hydrogens is 248 g/mol. The fourth-order valence-electron chi connectivity index (χ4n) is 2.30. The van der Waals surface area contributed by atoms with E-state index in [1.54, 1.807) is 0 Å². The summed E-state index contributed by atoms with van der Waals surface area (Å²) in [5, 5.41) is 11.9.